The fourth-order valence-corrected chi connectivity index (χ4v) is 1.93. The van der Waals surface area contributed by atoms with E-state index in [1.165, 1.54) is 11.4 Å². The number of hydrogen-bond acceptors (Lipinski definition) is 3. The van der Waals surface area contributed by atoms with Crippen LogP contribution in [0.2, 0.25) is 5.02 Å². The lowest BCUT2D eigenvalue weighted by Crippen LogP contribution is -2.26. The Morgan fingerprint density at radius 1 is 1.44 bits per heavy atom. The van der Waals surface area contributed by atoms with Gasteiger partial charge >= 0.3 is 0 Å². The van der Waals surface area contributed by atoms with Crippen LogP contribution in [0.4, 0.5) is 5.69 Å². The highest BCUT2D eigenvalue weighted by atomic mass is 35.5. The second kappa shape index (κ2) is 5.72. The van der Waals surface area contributed by atoms with E-state index in [0.717, 1.165) is 6.26 Å². The van der Waals surface area contributed by atoms with E-state index >= 15 is 0 Å². The van der Waals surface area contributed by atoms with Crippen LogP contribution in [0.5, 0.6) is 0 Å². The highest BCUT2D eigenvalue weighted by Gasteiger charge is 2.15. The van der Waals surface area contributed by atoms with Gasteiger partial charge in [-0.2, -0.15) is 0 Å². The molecule has 0 amide bonds. The van der Waals surface area contributed by atoms with Gasteiger partial charge in [0.05, 0.1) is 11.9 Å². The first-order chi connectivity index (χ1) is 6.86. The summed E-state index contributed by atoms with van der Waals surface area (Å²) in [7, 11) is -1.78. The van der Waals surface area contributed by atoms with E-state index < -0.39 is 10.0 Å². The van der Waals surface area contributed by atoms with Crippen LogP contribution >= 0.6 is 24.0 Å². The van der Waals surface area contributed by atoms with Crippen LogP contribution in [0.3, 0.4) is 0 Å². The van der Waals surface area contributed by atoms with Crippen molar-refractivity contribution in [2.24, 2.45) is 5.73 Å². The summed E-state index contributed by atoms with van der Waals surface area (Å²) in [6, 6.07) is 4.95. The molecule has 92 valence electrons. The highest BCUT2D eigenvalue weighted by molar-refractivity contribution is 7.92. The number of halogens is 2. The molecule has 1 aromatic carbocycles. The van der Waals surface area contributed by atoms with Gasteiger partial charge in [-0.3, -0.25) is 4.31 Å². The van der Waals surface area contributed by atoms with Crippen molar-refractivity contribution in [2.45, 2.75) is 6.54 Å². The van der Waals surface area contributed by atoms with Gasteiger partial charge in [-0.05, 0) is 23.8 Å². The number of sulfonamides is 1. The zero-order valence-electron chi connectivity index (χ0n) is 8.97. The Morgan fingerprint density at radius 2 is 2.00 bits per heavy atom. The highest BCUT2D eigenvalue weighted by Crippen LogP contribution is 2.24. The largest absolute Gasteiger partial charge is 0.326 e. The molecular weight excluding hydrogens is 271 g/mol. The molecule has 16 heavy (non-hydrogen) atoms. The van der Waals surface area contributed by atoms with Gasteiger partial charge in [0.2, 0.25) is 10.0 Å². The Bertz CT molecular complexity index is 463. The van der Waals surface area contributed by atoms with Crippen molar-refractivity contribution in [1.29, 1.82) is 0 Å². The Labute approximate surface area is 107 Å². The third-order valence-corrected chi connectivity index (χ3v) is 3.52. The quantitative estimate of drug-likeness (QED) is 0.917. The molecule has 4 nitrogen and oxygen atoms in total. The summed E-state index contributed by atoms with van der Waals surface area (Å²) < 4.78 is 23.9. The van der Waals surface area contributed by atoms with Crippen molar-refractivity contribution >= 4 is 39.7 Å². The third-order valence-electron chi connectivity index (χ3n) is 2.10. The second-order valence-electron chi connectivity index (χ2n) is 3.21. The van der Waals surface area contributed by atoms with Crippen molar-refractivity contribution in [3.05, 3.63) is 28.8 Å². The maximum Gasteiger partial charge on any atom is 0.232 e. The number of nitrogens with zero attached hydrogens (tertiary/aromatic N) is 1. The van der Waals surface area contributed by atoms with Gasteiger partial charge in [-0.1, -0.05) is 11.6 Å². The van der Waals surface area contributed by atoms with Gasteiger partial charge < -0.3 is 5.73 Å². The molecule has 0 aromatic heterocycles. The van der Waals surface area contributed by atoms with E-state index in [1.807, 2.05) is 0 Å². The zero-order valence-corrected chi connectivity index (χ0v) is 11.4. The van der Waals surface area contributed by atoms with Gasteiger partial charge in [0.15, 0.2) is 0 Å². The second-order valence-corrected chi connectivity index (χ2v) is 5.66. The third kappa shape index (κ3) is 3.52. The predicted octanol–water partition coefficient (Wildman–Crippen LogP) is 1.62. The minimum atomic E-state index is -3.27. The Hall–Kier alpha value is -0.490. The van der Waals surface area contributed by atoms with E-state index in [9.17, 15) is 8.42 Å². The lowest BCUT2D eigenvalue weighted by atomic mass is 10.2. The van der Waals surface area contributed by atoms with Crippen LogP contribution < -0.4 is 10.0 Å². The molecule has 0 aliphatic heterocycles. The van der Waals surface area contributed by atoms with Gasteiger partial charge in [0.1, 0.15) is 0 Å². The van der Waals surface area contributed by atoms with Crippen LogP contribution in [-0.2, 0) is 16.6 Å². The lowest BCUT2D eigenvalue weighted by molar-refractivity contribution is 0.600. The normalized spacial score (nSPS) is 10.8. The summed E-state index contributed by atoms with van der Waals surface area (Å²) in [5, 5.41) is 0.543. The SMILES string of the molecule is CN(c1ccc(Cl)cc1CN)S(C)(=O)=O.Cl. The summed E-state index contributed by atoms with van der Waals surface area (Å²) in [6.07, 6.45) is 1.14. The number of anilines is 1. The smallest absolute Gasteiger partial charge is 0.232 e. The first kappa shape index (κ1) is 15.5. The van der Waals surface area contributed by atoms with E-state index in [1.54, 1.807) is 18.2 Å². The summed E-state index contributed by atoms with van der Waals surface area (Å²) in [5.41, 5.74) is 6.78. The molecule has 1 aromatic rings. The zero-order chi connectivity index (χ0) is 11.6. The first-order valence-corrected chi connectivity index (χ1v) is 6.51. The summed E-state index contributed by atoms with van der Waals surface area (Å²) in [5.74, 6) is 0. The maximum atomic E-state index is 11.3. The first-order valence-electron chi connectivity index (χ1n) is 4.28. The van der Waals surface area contributed by atoms with Crippen LogP contribution in [0.15, 0.2) is 18.2 Å². The summed E-state index contributed by atoms with van der Waals surface area (Å²) in [6.45, 7) is 0.246. The average molecular weight is 285 g/mol. The standard InChI is InChI=1S/C9H13ClN2O2S.ClH/c1-12(15(2,13)14)9-4-3-8(10)5-7(9)6-11;/h3-5H,6,11H2,1-2H3;1H. The van der Waals surface area contributed by atoms with Gasteiger partial charge in [0, 0.05) is 18.6 Å². The van der Waals surface area contributed by atoms with Crippen molar-refractivity contribution in [3.63, 3.8) is 0 Å². The number of rotatable bonds is 3. The van der Waals surface area contributed by atoms with E-state index in [4.69, 9.17) is 17.3 Å². The summed E-state index contributed by atoms with van der Waals surface area (Å²) >= 11 is 5.79. The fraction of sp³-hybridized carbons (Fsp3) is 0.333. The Kier molecular flexibility index (Phi) is 5.55. The molecule has 0 radical (unpaired) electrons. The van der Waals surface area contributed by atoms with E-state index in [2.05, 4.69) is 0 Å². The average Bonchev–Trinajstić information content (AvgIpc) is 2.15. The number of benzene rings is 1. The molecule has 0 spiro atoms. The predicted molar refractivity (Wildman–Crippen MR) is 69.8 cm³/mol. The van der Waals surface area contributed by atoms with E-state index in [-0.39, 0.29) is 19.0 Å². The Morgan fingerprint density at radius 3 is 2.44 bits per heavy atom. The molecular formula is C9H14Cl2N2O2S. The van der Waals surface area contributed by atoms with Gasteiger partial charge in [-0.15, -0.1) is 12.4 Å². The molecule has 0 bridgehead atoms. The van der Waals surface area contributed by atoms with Crippen molar-refractivity contribution in [2.75, 3.05) is 17.6 Å². The topological polar surface area (TPSA) is 63.4 Å². The molecule has 0 aliphatic carbocycles. The molecule has 2 N–H and O–H groups in total. The maximum absolute atomic E-state index is 11.3. The molecule has 0 saturated heterocycles. The molecule has 1 rings (SSSR count). The van der Waals surface area contributed by atoms with Gasteiger partial charge in [-0.25, -0.2) is 8.42 Å². The van der Waals surface area contributed by atoms with Crippen LogP contribution in [-0.4, -0.2) is 21.7 Å². The number of nitrogens with two attached hydrogens (primary N) is 1. The van der Waals surface area contributed by atoms with E-state index in [0.29, 0.717) is 16.3 Å². The molecule has 0 heterocycles. The minimum absolute atomic E-state index is 0. The molecule has 0 aliphatic rings. The molecule has 7 heteroatoms. The Balaban J connectivity index is 0.00000225. The monoisotopic (exact) mass is 284 g/mol. The molecule has 0 unspecified atom stereocenters. The fourth-order valence-electron chi connectivity index (χ4n) is 1.20. The van der Waals surface area contributed by atoms with Crippen molar-refractivity contribution in [3.8, 4) is 0 Å². The molecule has 0 fully saturated rings. The number of hydrogen-bond donors (Lipinski definition) is 1. The minimum Gasteiger partial charge on any atom is -0.326 e. The van der Waals surface area contributed by atoms with Crippen LogP contribution in [0.1, 0.15) is 5.56 Å². The van der Waals surface area contributed by atoms with Crippen molar-refractivity contribution < 1.29 is 8.42 Å². The molecule has 0 saturated carbocycles. The van der Waals surface area contributed by atoms with Crippen LogP contribution in [0.25, 0.3) is 0 Å². The summed E-state index contributed by atoms with van der Waals surface area (Å²) in [4.78, 5) is 0. The lowest BCUT2D eigenvalue weighted by Gasteiger charge is -2.19. The molecule has 0 atom stereocenters. The van der Waals surface area contributed by atoms with Crippen LogP contribution in [0, 0.1) is 0 Å². The van der Waals surface area contributed by atoms with Gasteiger partial charge in [0.25, 0.3) is 0 Å². The van der Waals surface area contributed by atoms with Crippen molar-refractivity contribution in [1.82, 2.24) is 0 Å².